The van der Waals surface area contributed by atoms with Crippen molar-refractivity contribution < 1.29 is 0 Å². The smallest absolute Gasteiger partial charge is 0.144 e. The van der Waals surface area contributed by atoms with Crippen molar-refractivity contribution in [3.8, 4) is 0 Å². The van der Waals surface area contributed by atoms with Gasteiger partial charge in [0, 0.05) is 25.0 Å². The third kappa shape index (κ3) is 3.65. The quantitative estimate of drug-likeness (QED) is 0.808. The molecule has 1 aliphatic heterocycles. The molecule has 2 N–H and O–H groups in total. The molecule has 1 aliphatic rings. The highest BCUT2D eigenvalue weighted by molar-refractivity contribution is 5.85. The van der Waals surface area contributed by atoms with Crippen LogP contribution < -0.4 is 10.6 Å². The van der Waals surface area contributed by atoms with E-state index in [9.17, 15) is 0 Å². The van der Waals surface area contributed by atoms with Crippen molar-refractivity contribution in [3.63, 3.8) is 0 Å². The number of halogens is 2. The predicted molar refractivity (Wildman–Crippen MR) is 61.4 cm³/mol. The first-order valence-electron chi connectivity index (χ1n) is 4.18. The van der Waals surface area contributed by atoms with Crippen LogP contribution in [0.1, 0.15) is 6.42 Å². The number of aromatic nitrogens is 2. The maximum absolute atomic E-state index is 4.14. The van der Waals surface area contributed by atoms with Gasteiger partial charge in [-0.1, -0.05) is 0 Å². The largest absolute Gasteiger partial charge is 0.365 e. The number of nitrogens with zero attached hydrogens (tertiary/aromatic N) is 2. The summed E-state index contributed by atoms with van der Waals surface area (Å²) in [7, 11) is 0. The maximum atomic E-state index is 4.14. The Morgan fingerprint density at radius 2 is 2.21 bits per heavy atom. The van der Waals surface area contributed by atoms with E-state index in [2.05, 4.69) is 20.6 Å². The lowest BCUT2D eigenvalue weighted by Crippen LogP contribution is -2.22. The topological polar surface area (TPSA) is 49.8 Å². The number of hydrogen-bond acceptors (Lipinski definition) is 4. The molecule has 1 atom stereocenters. The van der Waals surface area contributed by atoms with Gasteiger partial charge in [0.15, 0.2) is 0 Å². The Balaban J connectivity index is 0.000000845. The van der Waals surface area contributed by atoms with Crippen molar-refractivity contribution in [2.24, 2.45) is 0 Å². The molecule has 6 heteroatoms. The van der Waals surface area contributed by atoms with Crippen molar-refractivity contribution >= 4 is 30.6 Å². The molecule has 1 fully saturated rings. The minimum atomic E-state index is 0. The standard InChI is InChI=1S/C8H12N4.2ClH/c1-2-9-5-7(1)12-8-6-10-3-4-11-8;;/h3-4,6-7,9H,1-2,5H2,(H,11,12);2*1H/t7-;;/m0../s1. The summed E-state index contributed by atoms with van der Waals surface area (Å²) in [6.45, 7) is 2.12. The molecular weight excluding hydrogens is 223 g/mol. The van der Waals surface area contributed by atoms with Crippen LogP contribution in [0.3, 0.4) is 0 Å². The van der Waals surface area contributed by atoms with Gasteiger partial charge >= 0.3 is 0 Å². The van der Waals surface area contributed by atoms with Gasteiger partial charge in [-0.05, 0) is 13.0 Å². The van der Waals surface area contributed by atoms with E-state index in [1.165, 1.54) is 0 Å². The third-order valence-electron chi connectivity index (χ3n) is 1.98. The lowest BCUT2D eigenvalue weighted by atomic mass is 10.3. The molecule has 4 nitrogen and oxygen atoms in total. The molecule has 0 aliphatic carbocycles. The van der Waals surface area contributed by atoms with E-state index in [1.807, 2.05) is 0 Å². The number of rotatable bonds is 2. The van der Waals surface area contributed by atoms with Crippen LogP contribution in [0.15, 0.2) is 18.6 Å². The molecule has 1 aromatic rings. The highest BCUT2D eigenvalue weighted by Gasteiger charge is 2.13. The third-order valence-corrected chi connectivity index (χ3v) is 1.98. The van der Waals surface area contributed by atoms with Crippen molar-refractivity contribution in [1.29, 1.82) is 0 Å². The molecule has 0 bridgehead atoms. The highest BCUT2D eigenvalue weighted by Crippen LogP contribution is 2.05. The van der Waals surface area contributed by atoms with Gasteiger partial charge in [-0.2, -0.15) is 0 Å². The van der Waals surface area contributed by atoms with Gasteiger partial charge in [0.2, 0.25) is 0 Å². The summed E-state index contributed by atoms with van der Waals surface area (Å²) < 4.78 is 0. The van der Waals surface area contributed by atoms with E-state index >= 15 is 0 Å². The van der Waals surface area contributed by atoms with E-state index in [4.69, 9.17) is 0 Å². The summed E-state index contributed by atoms with van der Waals surface area (Å²) in [4.78, 5) is 8.12. The van der Waals surface area contributed by atoms with Gasteiger partial charge in [-0.15, -0.1) is 24.8 Å². The Morgan fingerprint density at radius 1 is 1.36 bits per heavy atom. The molecule has 0 spiro atoms. The molecule has 80 valence electrons. The van der Waals surface area contributed by atoms with Crippen molar-refractivity contribution in [3.05, 3.63) is 18.6 Å². The molecular formula is C8H14Cl2N4. The summed E-state index contributed by atoms with van der Waals surface area (Å²) in [5, 5.41) is 6.59. The van der Waals surface area contributed by atoms with E-state index < -0.39 is 0 Å². The number of hydrogen-bond donors (Lipinski definition) is 2. The first-order valence-corrected chi connectivity index (χ1v) is 4.18. The van der Waals surface area contributed by atoms with Gasteiger partial charge in [0.25, 0.3) is 0 Å². The van der Waals surface area contributed by atoms with Crippen molar-refractivity contribution in [2.75, 3.05) is 18.4 Å². The van der Waals surface area contributed by atoms with Gasteiger partial charge in [-0.3, -0.25) is 4.98 Å². The van der Waals surface area contributed by atoms with E-state index in [0.29, 0.717) is 6.04 Å². The minimum absolute atomic E-state index is 0. The molecule has 0 amide bonds. The Morgan fingerprint density at radius 3 is 2.79 bits per heavy atom. The summed E-state index contributed by atoms with van der Waals surface area (Å²) in [6, 6.07) is 0.515. The lowest BCUT2D eigenvalue weighted by molar-refractivity contribution is 0.786. The molecule has 0 saturated carbocycles. The van der Waals surface area contributed by atoms with Crippen molar-refractivity contribution in [2.45, 2.75) is 12.5 Å². The second kappa shape index (κ2) is 6.81. The Hall–Kier alpha value is -0.580. The van der Waals surface area contributed by atoms with Crippen LogP contribution in [0.4, 0.5) is 5.82 Å². The monoisotopic (exact) mass is 236 g/mol. The van der Waals surface area contributed by atoms with E-state index in [-0.39, 0.29) is 24.8 Å². The fourth-order valence-corrected chi connectivity index (χ4v) is 1.36. The fourth-order valence-electron chi connectivity index (χ4n) is 1.36. The molecule has 0 radical (unpaired) electrons. The number of anilines is 1. The average molecular weight is 237 g/mol. The minimum Gasteiger partial charge on any atom is -0.365 e. The molecule has 2 heterocycles. The first kappa shape index (κ1) is 13.4. The highest BCUT2D eigenvalue weighted by atomic mass is 35.5. The van der Waals surface area contributed by atoms with Crippen LogP contribution in [0, 0.1) is 0 Å². The van der Waals surface area contributed by atoms with Crippen LogP contribution in [-0.2, 0) is 0 Å². The van der Waals surface area contributed by atoms with Crippen LogP contribution in [0.25, 0.3) is 0 Å². The summed E-state index contributed by atoms with van der Waals surface area (Å²) in [6.07, 6.45) is 6.29. The maximum Gasteiger partial charge on any atom is 0.144 e. The van der Waals surface area contributed by atoms with E-state index in [1.54, 1.807) is 18.6 Å². The zero-order chi connectivity index (χ0) is 8.23. The summed E-state index contributed by atoms with van der Waals surface area (Å²) >= 11 is 0. The molecule has 2 rings (SSSR count). The molecule has 14 heavy (non-hydrogen) atoms. The molecule has 1 aromatic heterocycles. The zero-order valence-corrected chi connectivity index (χ0v) is 9.27. The predicted octanol–water partition coefficient (Wildman–Crippen LogP) is 1.09. The summed E-state index contributed by atoms with van der Waals surface area (Å²) in [5.41, 5.74) is 0. The second-order valence-corrected chi connectivity index (χ2v) is 2.92. The van der Waals surface area contributed by atoms with Crippen LogP contribution in [0.5, 0.6) is 0 Å². The van der Waals surface area contributed by atoms with E-state index in [0.717, 1.165) is 25.3 Å². The van der Waals surface area contributed by atoms with Gasteiger partial charge < -0.3 is 10.6 Å². The SMILES string of the molecule is Cl.Cl.c1cnc(N[C@H]2CCNC2)cn1. The van der Waals surface area contributed by atoms with Crippen LogP contribution >= 0.6 is 24.8 Å². The normalized spacial score (nSPS) is 19.3. The van der Waals surface area contributed by atoms with Gasteiger partial charge in [0.1, 0.15) is 5.82 Å². The molecule has 0 unspecified atom stereocenters. The Kier molecular flexibility index (Phi) is 6.53. The van der Waals surface area contributed by atoms with Gasteiger partial charge in [-0.25, -0.2) is 4.98 Å². The summed E-state index contributed by atoms with van der Waals surface area (Å²) in [5.74, 6) is 0.867. The van der Waals surface area contributed by atoms with Crippen LogP contribution in [0.2, 0.25) is 0 Å². The van der Waals surface area contributed by atoms with Gasteiger partial charge in [0.05, 0.1) is 6.20 Å². The fraction of sp³-hybridized carbons (Fsp3) is 0.500. The van der Waals surface area contributed by atoms with Crippen molar-refractivity contribution in [1.82, 2.24) is 15.3 Å². The first-order chi connectivity index (χ1) is 5.95. The zero-order valence-electron chi connectivity index (χ0n) is 7.64. The Labute approximate surface area is 95.7 Å². The average Bonchev–Trinajstić information content (AvgIpc) is 2.59. The molecule has 0 aromatic carbocycles. The Bertz CT molecular complexity index is 238. The number of nitrogens with one attached hydrogen (secondary N) is 2. The molecule has 1 saturated heterocycles. The van der Waals surface area contributed by atoms with Crippen LogP contribution in [-0.4, -0.2) is 29.1 Å². The lowest BCUT2D eigenvalue weighted by Gasteiger charge is -2.10. The second-order valence-electron chi connectivity index (χ2n) is 2.92.